The summed E-state index contributed by atoms with van der Waals surface area (Å²) in [5.41, 5.74) is -0.248. The van der Waals surface area contributed by atoms with Gasteiger partial charge in [-0.1, -0.05) is 39.5 Å². The molecule has 0 aromatic carbocycles. The van der Waals surface area contributed by atoms with Crippen LogP contribution < -0.4 is 0 Å². The van der Waals surface area contributed by atoms with Crippen LogP contribution in [0.5, 0.6) is 0 Å². The molecule has 0 aliphatic carbocycles. The van der Waals surface area contributed by atoms with Gasteiger partial charge in [0.1, 0.15) is 5.92 Å². The minimum absolute atomic E-state index is 0.00743. The Morgan fingerprint density at radius 1 is 1.53 bits per heavy atom. The molecule has 1 amide bonds. The first-order chi connectivity index (χ1) is 8.68. The van der Waals surface area contributed by atoms with Gasteiger partial charge in [0.2, 0.25) is 5.91 Å². The third-order valence-electron chi connectivity index (χ3n) is 3.75. The van der Waals surface area contributed by atoms with Gasteiger partial charge in [0.25, 0.3) is 0 Å². The highest BCUT2D eigenvalue weighted by Crippen LogP contribution is 2.36. The van der Waals surface area contributed by atoms with E-state index in [1.807, 2.05) is 25.7 Å². The lowest BCUT2D eigenvalue weighted by Crippen LogP contribution is -2.43. The monoisotopic (exact) mass is 277 g/mol. The van der Waals surface area contributed by atoms with Crippen molar-refractivity contribution >= 4 is 18.5 Å². The first-order valence-electron chi connectivity index (χ1n) is 6.65. The Kier molecular flexibility index (Phi) is 4.64. The average Bonchev–Trinajstić information content (AvgIpc) is 2.66. The predicted octanol–water partition coefficient (Wildman–Crippen LogP) is 2.59. The van der Waals surface area contributed by atoms with Crippen molar-refractivity contribution in [1.82, 2.24) is 4.90 Å². The Morgan fingerprint density at radius 2 is 2.11 bits per heavy atom. The van der Waals surface area contributed by atoms with Gasteiger partial charge in [-0.05, 0) is 18.3 Å². The quantitative estimate of drug-likeness (QED) is 0.608. The molecule has 3 heteroatoms. The zero-order valence-corrected chi connectivity index (χ0v) is 13.1. The van der Waals surface area contributed by atoms with E-state index in [1.165, 1.54) is 0 Å². The summed E-state index contributed by atoms with van der Waals surface area (Å²) in [5.74, 6) is 4.93. The fourth-order valence-electron chi connectivity index (χ4n) is 2.56. The number of likely N-dealkylation sites (tertiary alicyclic amines) is 1. The third kappa shape index (κ3) is 3.28. The molecule has 0 spiro atoms. The molecule has 0 N–H and O–H groups in total. The smallest absolute Gasteiger partial charge is 0.238 e. The van der Waals surface area contributed by atoms with E-state index in [2.05, 4.69) is 31.4 Å². The topological polar surface area (TPSA) is 20.3 Å². The number of hydrogen-bond donors (Lipinski definition) is 1. The normalized spacial score (nSPS) is 28.6. The highest BCUT2D eigenvalue weighted by molar-refractivity contribution is 7.82. The molecule has 104 valence electrons. The third-order valence-corrected chi connectivity index (χ3v) is 4.20. The Labute approximate surface area is 122 Å². The van der Waals surface area contributed by atoms with E-state index >= 15 is 0 Å². The molecule has 19 heavy (non-hydrogen) atoms. The summed E-state index contributed by atoms with van der Waals surface area (Å²) in [6, 6.07) is 0.138. The number of carbonyl (C=O) groups excluding carboxylic acids is 1. The van der Waals surface area contributed by atoms with Gasteiger partial charge >= 0.3 is 0 Å². The molecule has 0 radical (unpaired) electrons. The molecule has 1 aliphatic heterocycles. The van der Waals surface area contributed by atoms with Crippen molar-refractivity contribution in [2.75, 3.05) is 6.54 Å². The molecule has 1 heterocycles. The number of thiol groups is 1. The number of hydrogen-bond acceptors (Lipinski definition) is 2. The van der Waals surface area contributed by atoms with Gasteiger partial charge in [0.15, 0.2) is 0 Å². The standard InChI is InChI=1S/C16H23NOS/c1-7-12-10-16(19,9-3)11-17(12)14(18)13(8-2)15(4,5)6/h2-3,12-13,19H,7,10-11H2,1,4-6H3. The predicted molar refractivity (Wildman–Crippen MR) is 82.7 cm³/mol. The number of terminal acetylenes is 2. The summed E-state index contributed by atoms with van der Waals surface area (Å²) in [6.07, 6.45) is 12.7. The van der Waals surface area contributed by atoms with Crippen LogP contribution >= 0.6 is 12.6 Å². The van der Waals surface area contributed by atoms with Crippen LogP contribution in [-0.4, -0.2) is 28.1 Å². The Balaban J connectivity index is 3.00. The largest absolute Gasteiger partial charge is 0.336 e. The number of rotatable bonds is 2. The second-order valence-corrected chi connectivity index (χ2v) is 7.23. The lowest BCUT2D eigenvalue weighted by atomic mass is 9.80. The van der Waals surface area contributed by atoms with Crippen molar-refractivity contribution in [2.24, 2.45) is 11.3 Å². The van der Waals surface area contributed by atoms with Crippen molar-refractivity contribution in [3.63, 3.8) is 0 Å². The summed E-state index contributed by atoms with van der Waals surface area (Å²) in [5, 5.41) is 0. The summed E-state index contributed by atoms with van der Waals surface area (Å²) >= 11 is 4.54. The van der Waals surface area contributed by atoms with Gasteiger partial charge in [-0.15, -0.1) is 12.8 Å². The molecule has 3 unspecified atom stereocenters. The molecule has 1 rings (SSSR count). The molecule has 0 aromatic rings. The van der Waals surface area contributed by atoms with E-state index in [-0.39, 0.29) is 17.4 Å². The first-order valence-corrected chi connectivity index (χ1v) is 7.10. The van der Waals surface area contributed by atoms with Crippen LogP contribution in [0.25, 0.3) is 0 Å². The Morgan fingerprint density at radius 3 is 2.47 bits per heavy atom. The lowest BCUT2D eigenvalue weighted by molar-refractivity contribution is -0.137. The van der Waals surface area contributed by atoms with Crippen molar-refractivity contribution in [3.05, 3.63) is 0 Å². The summed E-state index contributed by atoms with van der Waals surface area (Å²) in [6.45, 7) is 8.51. The van der Waals surface area contributed by atoms with Crippen LogP contribution in [0, 0.1) is 36.0 Å². The zero-order chi connectivity index (χ0) is 14.8. The minimum atomic E-state index is -0.520. The molecule has 0 saturated carbocycles. The zero-order valence-electron chi connectivity index (χ0n) is 12.2. The summed E-state index contributed by atoms with van der Waals surface area (Å²) in [7, 11) is 0. The Hall–Kier alpha value is -1.06. The van der Waals surface area contributed by atoms with Crippen LogP contribution in [0.3, 0.4) is 0 Å². The molecule has 3 atom stereocenters. The fourth-order valence-corrected chi connectivity index (χ4v) is 2.92. The number of carbonyl (C=O) groups is 1. The van der Waals surface area contributed by atoms with Crippen molar-refractivity contribution in [3.8, 4) is 24.7 Å². The van der Waals surface area contributed by atoms with Gasteiger partial charge in [0.05, 0.1) is 4.75 Å². The second-order valence-electron chi connectivity index (χ2n) is 6.37. The average molecular weight is 277 g/mol. The minimum Gasteiger partial charge on any atom is -0.336 e. The van der Waals surface area contributed by atoms with Crippen LogP contribution in [0.15, 0.2) is 0 Å². The number of amides is 1. The highest BCUT2D eigenvalue weighted by Gasteiger charge is 2.45. The van der Waals surface area contributed by atoms with E-state index in [4.69, 9.17) is 12.8 Å². The second kappa shape index (κ2) is 5.51. The Bertz CT molecular complexity index is 437. The van der Waals surface area contributed by atoms with E-state index in [0.717, 1.165) is 12.8 Å². The molecule has 1 fully saturated rings. The maximum Gasteiger partial charge on any atom is 0.238 e. The van der Waals surface area contributed by atoms with Gasteiger partial charge in [-0.2, -0.15) is 12.6 Å². The molecule has 0 aromatic heterocycles. The van der Waals surface area contributed by atoms with Crippen LogP contribution in [0.2, 0.25) is 0 Å². The summed E-state index contributed by atoms with van der Waals surface area (Å²) in [4.78, 5) is 14.5. The van der Waals surface area contributed by atoms with E-state index in [0.29, 0.717) is 6.54 Å². The maximum absolute atomic E-state index is 12.7. The van der Waals surface area contributed by atoms with Crippen LogP contribution in [0.1, 0.15) is 40.5 Å². The fraction of sp³-hybridized carbons (Fsp3) is 0.688. The van der Waals surface area contributed by atoms with E-state index < -0.39 is 10.7 Å². The lowest BCUT2D eigenvalue weighted by Gasteiger charge is -2.32. The number of nitrogens with zero attached hydrogens (tertiary/aromatic N) is 1. The van der Waals surface area contributed by atoms with Crippen LogP contribution in [0.4, 0.5) is 0 Å². The summed E-state index contributed by atoms with van der Waals surface area (Å²) < 4.78 is -0.520. The molecule has 0 bridgehead atoms. The molecular formula is C16H23NOS. The molecular weight excluding hydrogens is 254 g/mol. The first kappa shape index (κ1) is 16.0. The maximum atomic E-state index is 12.7. The van der Waals surface area contributed by atoms with Gasteiger partial charge < -0.3 is 4.90 Å². The van der Waals surface area contributed by atoms with E-state index in [9.17, 15) is 4.79 Å². The van der Waals surface area contributed by atoms with Gasteiger partial charge in [0, 0.05) is 12.6 Å². The van der Waals surface area contributed by atoms with E-state index in [1.54, 1.807) is 0 Å². The van der Waals surface area contributed by atoms with Gasteiger partial charge in [-0.25, -0.2) is 0 Å². The van der Waals surface area contributed by atoms with Crippen molar-refractivity contribution in [1.29, 1.82) is 0 Å². The van der Waals surface area contributed by atoms with Crippen LogP contribution in [-0.2, 0) is 4.79 Å². The molecule has 2 nitrogen and oxygen atoms in total. The van der Waals surface area contributed by atoms with Gasteiger partial charge in [-0.3, -0.25) is 4.79 Å². The van der Waals surface area contributed by atoms with Crippen molar-refractivity contribution < 1.29 is 4.79 Å². The highest BCUT2D eigenvalue weighted by atomic mass is 32.1. The SMILES string of the molecule is C#CC(C(=O)N1CC(S)(C#C)CC1CC)C(C)(C)C. The molecule has 1 aliphatic rings. The van der Waals surface area contributed by atoms with Crippen molar-refractivity contribution in [2.45, 2.75) is 51.3 Å². The molecule has 1 saturated heterocycles.